The van der Waals surface area contributed by atoms with Gasteiger partial charge in [-0.1, -0.05) is 24.3 Å². The van der Waals surface area contributed by atoms with Gasteiger partial charge in [0.15, 0.2) is 0 Å². The Balaban J connectivity index is 1.96. The molecule has 1 aliphatic rings. The van der Waals surface area contributed by atoms with Crippen LogP contribution < -0.4 is 14.7 Å². The van der Waals surface area contributed by atoms with Crippen LogP contribution in [0, 0.1) is 0 Å². The van der Waals surface area contributed by atoms with E-state index in [1.807, 2.05) is 24.3 Å². The maximum atomic E-state index is 12.3. The van der Waals surface area contributed by atoms with Gasteiger partial charge in [0.1, 0.15) is 11.1 Å². The van der Waals surface area contributed by atoms with Crippen LogP contribution in [0.15, 0.2) is 48.5 Å². The number of carbonyl (C=O) groups excluding carboxylic acids is 2. The van der Waals surface area contributed by atoms with Crippen LogP contribution in [0.4, 0.5) is 5.69 Å². The summed E-state index contributed by atoms with van der Waals surface area (Å²) in [6.45, 7) is 0. The van der Waals surface area contributed by atoms with Crippen LogP contribution in [-0.2, 0) is 4.79 Å². The molecule has 5 nitrogen and oxygen atoms in total. The molecule has 0 unspecified atom stereocenters. The SMILES string of the molecule is COc1ccc([C@@H]2SCC(=O)N2c2cccc(C(=O)[O-])c2)cc1. The highest BCUT2D eigenvalue weighted by Gasteiger charge is 2.34. The standard InChI is InChI=1S/C17H15NO4S/c1-22-14-7-5-11(6-8-14)16-18(15(19)10-23-16)13-4-2-3-12(9-13)17(20)21/h2-9,16H,10H2,1H3,(H,20,21)/p-1/t16-/m0/s1. The zero-order valence-corrected chi connectivity index (χ0v) is 13.2. The van der Waals surface area contributed by atoms with Gasteiger partial charge in [-0.25, -0.2) is 0 Å². The number of aromatic carboxylic acids is 1. The minimum atomic E-state index is -1.26. The van der Waals surface area contributed by atoms with Crippen molar-refractivity contribution in [1.29, 1.82) is 0 Å². The van der Waals surface area contributed by atoms with Gasteiger partial charge < -0.3 is 14.6 Å². The molecular formula is C17H14NO4S-. The maximum Gasteiger partial charge on any atom is 0.238 e. The van der Waals surface area contributed by atoms with E-state index in [0.717, 1.165) is 11.3 Å². The molecule has 1 amide bonds. The van der Waals surface area contributed by atoms with Crippen LogP contribution in [0.5, 0.6) is 5.75 Å². The van der Waals surface area contributed by atoms with Crippen molar-refractivity contribution in [2.45, 2.75) is 5.37 Å². The minimum Gasteiger partial charge on any atom is -0.545 e. The lowest BCUT2D eigenvalue weighted by molar-refractivity contribution is -0.255. The zero-order valence-electron chi connectivity index (χ0n) is 12.4. The van der Waals surface area contributed by atoms with E-state index in [4.69, 9.17) is 4.74 Å². The van der Waals surface area contributed by atoms with E-state index < -0.39 is 5.97 Å². The Kier molecular flexibility index (Phi) is 4.25. The van der Waals surface area contributed by atoms with Crippen molar-refractivity contribution in [1.82, 2.24) is 0 Å². The molecule has 1 fully saturated rings. The van der Waals surface area contributed by atoms with E-state index in [9.17, 15) is 14.7 Å². The zero-order chi connectivity index (χ0) is 16.4. The number of anilines is 1. The first-order valence-electron chi connectivity index (χ1n) is 6.99. The number of carboxylic acid groups (broad SMARTS) is 1. The Labute approximate surface area is 137 Å². The summed E-state index contributed by atoms with van der Waals surface area (Å²) >= 11 is 1.51. The van der Waals surface area contributed by atoms with Crippen molar-refractivity contribution >= 4 is 29.3 Å². The number of ether oxygens (including phenoxy) is 1. The second-order valence-electron chi connectivity index (χ2n) is 5.04. The first kappa shape index (κ1) is 15.4. The molecule has 1 aliphatic heterocycles. The number of hydrogen-bond acceptors (Lipinski definition) is 5. The van der Waals surface area contributed by atoms with E-state index in [2.05, 4.69) is 0 Å². The van der Waals surface area contributed by atoms with Gasteiger partial charge in [0.2, 0.25) is 5.91 Å². The molecule has 2 aromatic carbocycles. The summed E-state index contributed by atoms with van der Waals surface area (Å²) in [7, 11) is 1.60. The van der Waals surface area contributed by atoms with Gasteiger partial charge in [0, 0.05) is 5.69 Å². The topological polar surface area (TPSA) is 69.7 Å². The van der Waals surface area contributed by atoms with E-state index >= 15 is 0 Å². The summed E-state index contributed by atoms with van der Waals surface area (Å²) in [6, 6.07) is 13.8. The number of benzene rings is 2. The summed E-state index contributed by atoms with van der Waals surface area (Å²) in [5.41, 5.74) is 1.57. The van der Waals surface area contributed by atoms with Crippen LogP contribution in [0.3, 0.4) is 0 Å². The largest absolute Gasteiger partial charge is 0.545 e. The Bertz CT molecular complexity index is 745. The lowest BCUT2D eigenvalue weighted by Crippen LogP contribution is -2.28. The third-order valence-electron chi connectivity index (χ3n) is 3.63. The van der Waals surface area contributed by atoms with Gasteiger partial charge in [0.05, 0.1) is 18.8 Å². The van der Waals surface area contributed by atoms with Gasteiger partial charge in [0.25, 0.3) is 0 Å². The monoisotopic (exact) mass is 328 g/mol. The van der Waals surface area contributed by atoms with Gasteiger partial charge in [-0.05, 0) is 35.4 Å². The van der Waals surface area contributed by atoms with Gasteiger partial charge >= 0.3 is 0 Å². The van der Waals surface area contributed by atoms with Gasteiger partial charge in [-0.3, -0.25) is 9.69 Å². The summed E-state index contributed by atoms with van der Waals surface area (Å²) in [5, 5.41) is 10.8. The van der Waals surface area contributed by atoms with E-state index in [0.29, 0.717) is 11.4 Å². The molecule has 118 valence electrons. The fourth-order valence-electron chi connectivity index (χ4n) is 2.50. The quantitative estimate of drug-likeness (QED) is 0.856. The number of rotatable bonds is 4. The Morgan fingerprint density at radius 1 is 1.26 bits per heavy atom. The summed E-state index contributed by atoms with van der Waals surface area (Å²) in [4.78, 5) is 24.9. The van der Waals surface area contributed by atoms with E-state index in [1.165, 1.54) is 23.9 Å². The smallest absolute Gasteiger partial charge is 0.238 e. The van der Waals surface area contributed by atoms with Crippen molar-refractivity contribution < 1.29 is 19.4 Å². The van der Waals surface area contributed by atoms with Crippen LogP contribution in [0.25, 0.3) is 0 Å². The van der Waals surface area contributed by atoms with E-state index in [-0.39, 0.29) is 16.8 Å². The van der Waals surface area contributed by atoms with Crippen LogP contribution >= 0.6 is 11.8 Å². The van der Waals surface area contributed by atoms with Crippen molar-refractivity contribution in [2.24, 2.45) is 0 Å². The Morgan fingerprint density at radius 2 is 2.00 bits per heavy atom. The molecule has 0 aromatic heterocycles. The van der Waals surface area contributed by atoms with Gasteiger partial charge in [-0.15, -0.1) is 11.8 Å². The number of methoxy groups -OCH3 is 1. The minimum absolute atomic E-state index is 0.0497. The maximum absolute atomic E-state index is 12.3. The first-order chi connectivity index (χ1) is 11.1. The van der Waals surface area contributed by atoms with Crippen LogP contribution in [-0.4, -0.2) is 24.7 Å². The molecule has 23 heavy (non-hydrogen) atoms. The van der Waals surface area contributed by atoms with Crippen molar-refractivity contribution in [3.8, 4) is 5.75 Å². The molecule has 2 aromatic rings. The number of amides is 1. The normalized spacial score (nSPS) is 17.3. The molecule has 1 heterocycles. The molecule has 1 saturated heterocycles. The molecular weight excluding hydrogens is 314 g/mol. The number of hydrogen-bond donors (Lipinski definition) is 0. The predicted octanol–water partition coefficient (Wildman–Crippen LogP) is 1.84. The highest BCUT2D eigenvalue weighted by Crippen LogP contribution is 2.42. The van der Waals surface area contributed by atoms with Crippen molar-refractivity contribution in [3.63, 3.8) is 0 Å². The molecule has 0 spiro atoms. The number of carboxylic acids is 1. The third kappa shape index (κ3) is 3.03. The molecule has 6 heteroatoms. The average Bonchev–Trinajstić information content (AvgIpc) is 2.96. The predicted molar refractivity (Wildman–Crippen MR) is 86.5 cm³/mol. The van der Waals surface area contributed by atoms with Crippen LogP contribution in [0.1, 0.15) is 21.3 Å². The average molecular weight is 328 g/mol. The van der Waals surface area contributed by atoms with Gasteiger partial charge in [-0.2, -0.15) is 0 Å². The number of thioether (sulfide) groups is 1. The molecule has 0 N–H and O–H groups in total. The highest BCUT2D eigenvalue weighted by molar-refractivity contribution is 8.00. The Hall–Kier alpha value is -2.47. The summed E-state index contributed by atoms with van der Waals surface area (Å²) in [5.74, 6) is -0.210. The number of carbonyl (C=O) groups is 2. The molecule has 0 aliphatic carbocycles. The lowest BCUT2D eigenvalue weighted by Gasteiger charge is -2.25. The van der Waals surface area contributed by atoms with Crippen molar-refractivity contribution in [2.75, 3.05) is 17.8 Å². The first-order valence-corrected chi connectivity index (χ1v) is 8.04. The second-order valence-corrected chi connectivity index (χ2v) is 6.11. The Morgan fingerprint density at radius 3 is 2.65 bits per heavy atom. The van der Waals surface area contributed by atoms with Crippen molar-refractivity contribution in [3.05, 3.63) is 59.7 Å². The van der Waals surface area contributed by atoms with E-state index in [1.54, 1.807) is 24.1 Å². The summed E-state index contributed by atoms with van der Waals surface area (Å²) < 4.78 is 5.15. The molecule has 1 atom stereocenters. The molecule has 0 bridgehead atoms. The highest BCUT2D eigenvalue weighted by atomic mass is 32.2. The molecule has 0 saturated carbocycles. The fourth-order valence-corrected chi connectivity index (χ4v) is 3.68. The fraction of sp³-hybridized carbons (Fsp3) is 0.176. The number of nitrogens with zero attached hydrogens (tertiary/aromatic N) is 1. The lowest BCUT2D eigenvalue weighted by atomic mass is 10.1. The molecule has 3 rings (SSSR count). The second kappa shape index (κ2) is 6.34. The third-order valence-corrected chi connectivity index (χ3v) is 4.84. The summed E-state index contributed by atoms with van der Waals surface area (Å²) in [6.07, 6.45) is 0. The molecule has 0 radical (unpaired) electrons. The van der Waals surface area contributed by atoms with Crippen LogP contribution in [0.2, 0.25) is 0 Å².